The van der Waals surface area contributed by atoms with Crippen molar-refractivity contribution in [2.45, 2.75) is 40.0 Å². The predicted octanol–water partition coefficient (Wildman–Crippen LogP) is 4.31. The molecule has 7 nitrogen and oxygen atoms in total. The van der Waals surface area contributed by atoms with Crippen LogP contribution in [0.25, 0.3) is 0 Å². The average molecular weight is 448 g/mol. The first-order chi connectivity index (χ1) is 14.9. The molecule has 168 valence electrons. The minimum Gasteiger partial charge on any atom is -0.462 e. The minimum absolute atomic E-state index is 0.0993. The summed E-state index contributed by atoms with van der Waals surface area (Å²) < 4.78 is 15.2. The van der Waals surface area contributed by atoms with E-state index in [1.54, 1.807) is 13.8 Å². The van der Waals surface area contributed by atoms with Gasteiger partial charge in [0.15, 0.2) is 0 Å². The Morgan fingerprint density at radius 2 is 1.71 bits per heavy atom. The van der Waals surface area contributed by atoms with E-state index in [1.807, 2.05) is 19.1 Å². The molecule has 1 aromatic carbocycles. The third-order valence-electron chi connectivity index (χ3n) is 4.58. The van der Waals surface area contributed by atoms with Crippen LogP contribution in [0.4, 0.5) is 5.00 Å². The number of aryl methyl sites for hydroxylation is 2. The van der Waals surface area contributed by atoms with E-state index >= 15 is 0 Å². The van der Waals surface area contributed by atoms with Gasteiger partial charge in [-0.15, -0.1) is 11.3 Å². The molecule has 0 unspecified atom stereocenters. The summed E-state index contributed by atoms with van der Waals surface area (Å²) in [6.45, 7) is 5.92. The molecule has 1 N–H and O–H groups in total. The van der Waals surface area contributed by atoms with Crippen LogP contribution in [0.15, 0.2) is 24.3 Å². The molecule has 31 heavy (non-hydrogen) atoms. The normalized spacial score (nSPS) is 10.6. The Hall–Kier alpha value is -2.71. The van der Waals surface area contributed by atoms with Gasteiger partial charge in [0, 0.05) is 13.5 Å². The maximum atomic E-state index is 12.5. The fourth-order valence-corrected chi connectivity index (χ4v) is 4.03. The van der Waals surface area contributed by atoms with E-state index in [2.05, 4.69) is 17.4 Å². The van der Waals surface area contributed by atoms with Crippen molar-refractivity contribution in [3.63, 3.8) is 0 Å². The van der Waals surface area contributed by atoms with Crippen LogP contribution >= 0.6 is 11.3 Å². The molecule has 2 rings (SSSR count). The topological polar surface area (TPSA) is 90.9 Å². The second-order valence-electron chi connectivity index (χ2n) is 7.00. The number of ether oxygens (including phenoxy) is 3. The van der Waals surface area contributed by atoms with E-state index in [1.165, 1.54) is 18.2 Å². The van der Waals surface area contributed by atoms with Gasteiger partial charge in [0.25, 0.3) is 0 Å². The van der Waals surface area contributed by atoms with Crippen molar-refractivity contribution < 1.29 is 28.6 Å². The fraction of sp³-hybridized carbons (Fsp3) is 0.435. The van der Waals surface area contributed by atoms with E-state index < -0.39 is 11.9 Å². The number of amides is 1. The summed E-state index contributed by atoms with van der Waals surface area (Å²) in [5.74, 6) is -1.37. The third-order valence-corrected chi connectivity index (χ3v) is 5.76. The molecule has 2 aromatic rings. The lowest BCUT2D eigenvalue weighted by Gasteiger charge is -2.07. The number of esters is 2. The summed E-state index contributed by atoms with van der Waals surface area (Å²) in [7, 11) is 1.51. The van der Waals surface area contributed by atoms with Crippen LogP contribution in [0.3, 0.4) is 0 Å². The summed E-state index contributed by atoms with van der Waals surface area (Å²) in [5, 5.41) is 3.08. The lowest BCUT2D eigenvalue weighted by Crippen LogP contribution is -2.15. The van der Waals surface area contributed by atoms with Gasteiger partial charge in [-0.05, 0) is 44.7 Å². The zero-order valence-electron chi connectivity index (χ0n) is 18.4. The summed E-state index contributed by atoms with van der Waals surface area (Å²) >= 11 is 1.02. The van der Waals surface area contributed by atoms with Crippen LogP contribution in [0, 0.1) is 13.8 Å². The summed E-state index contributed by atoms with van der Waals surface area (Å²) in [4.78, 5) is 37.6. The molecule has 1 aromatic heterocycles. The van der Waals surface area contributed by atoms with Crippen molar-refractivity contribution in [3.05, 3.63) is 51.4 Å². The fourth-order valence-electron chi connectivity index (χ4n) is 2.93. The number of carbonyl (C=O) groups is 3. The molecule has 0 saturated heterocycles. The molecule has 0 spiro atoms. The molecule has 0 radical (unpaired) electrons. The number of thiophene rings is 1. The highest BCUT2D eigenvalue weighted by Gasteiger charge is 2.27. The second kappa shape index (κ2) is 12.2. The van der Waals surface area contributed by atoms with E-state index in [0.717, 1.165) is 17.8 Å². The molecular formula is C23H29NO6S. The van der Waals surface area contributed by atoms with Gasteiger partial charge in [-0.25, -0.2) is 9.59 Å². The Morgan fingerprint density at radius 3 is 2.35 bits per heavy atom. The molecule has 0 aliphatic rings. The van der Waals surface area contributed by atoms with Gasteiger partial charge in [-0.3, -0.25) is 4.79 Å². The number of nitrogens with one attached hydrogen (secondary N) is 1. The highest BCUT2D eigenvalue weighted by Crippen LogP contribution is 2.34. The third kappa shape index (κ3) is 7.18. The first-order valence-electron chi connectivity index (χ1n) is 10.2. The lowest BCUT2D eigenvalue weighted by molar-refractivity contribution is -0.116. The number of rotatable bonds is 11. The number of anilines is 1. The zero-order chi connectivity index (χ0) is 22.8. The van der Waals surface area contributed by atoms with E-state index in [-0.39, 0.29) is 36.2 Å². The number of hydrogen-bond acceptors (Lipinski definition) is 7. The first kappa shape index (κ1) is 24.6. The average Bonchev–Trinajstić information content (AvgIpc) is 3.05. The maximum absolute atomic E-state index is 12.5. The number of carbonyl (C=O) groups excluding carboxylic acids is 3. The number of methoxy groups -OCH3 is 1. The van der Waals surface area contributed by atoms with Gasteiger partial charge in [0.1, 0.15) is 16.5 Å². The monoisotopic (exact) mass is 447 g/mol. The highest BCUT2D eigenvalue weighted by molar-refractivity contribution is 7.18. The van der Waals surface area contributed by atoms with E-state index in [9.17, 15) is 14.4 Å². The first-order valence-corrected chi connectivity index (χ1v) is 11.0. The molecule has 0 aliphatic heterocycles. The van der Waals surface area contributed by atoms with Crippen molar-refractivity contribution >= 4 is 34.2 Å². The van der Waals surface area contributed by atoms with Gasteiger partial charge < -0.3 is 19.5 Å². The van der Waals surface area contributed by atoms with Crippen molar-refractivity contribution in [2.75, 3.05) is 32.2 Å². The molecule has 8 heteroatoms. The van der Waals surface area contributed by atoms with Crippen LogP contribution in [0.5, 0.6) is 0 Å². The van der Waals surface area contributed by atoms with Gasteiger partial charge >= 0.3 is 11.9 Å². The zero-order valence-corrected chi connectivity index (χ0v) is 19.2. The Kier molecular flexibility index (Phi) is 9.68. The van der Waals surface area contributed by atoms with Crippen molar-refractivity contribution in [1.82, 2.24) is 0 Å². The van der Waals surface area contributed by atoms with Crippen LogP contribution in [-0.4, -0.2) is 44.8 Å². The quantitative estimate of drug-likeness (QED) is 0.408. The summed E-state index contributed by atoms with van der Waals surface area (Å²) in [5.41, 5.74) is 2.98. The Labute approximate surface area is 186 Å². The van der Waals surface area contributed by atoms with Gasteiger partial charge in [-0.2, -0.15) is 0 Å². The molecular weight excluding hydrogens is 418 g/mol. The molecule has 0 aliphatic carbocycles. The number of hydrogen-bond donors (Lipinski definition) is 1. The van der Waals surface area contributed by atoms with Crippen molar-refractivity contribution in [1.29, 1.82) is 0 Å². The molecule has 0 atom stereocenters. The van der Waals surface area contributed by atoms with Crippen LogP contribution in [0.2, 0.25) is 0 Å². The Morgan fingerprint density at radius 1 is 1.00 bits per heavy atom. The molecule has 1 amide bonds. The summed E-state index contributed by atoms with van der Waals surface area (Å²) in [6, 6.07) is 8.19. The highest BCUT2D eigenvalue weighted by atomic mass is 32.1. The SMILES string of the molecule is CCOC(=O)c1c(NC(=O)CCCc2ccc(C)cc2)sc(C(=O)OCCOC)c1C. The summed E-state index contributed by atoms with van der Waals surface area (Å²) in [6.07, 6.45) is 1.74. The standard InChI is InChI=1S/C23H29NO6S/c1-5-29-22(26)19-16(3)20(23(27)30-14-13-28-4)31-21(19)24-18(25)8-6-7-17-11-9-15(2)10-12-17/h9-12H,5-8,13-14H2,1-4H3,(H,24,25). The minimum atomic E-state index is -0.581. The molecule has 0 fully saturated rings. The predicted molar refractivity (Wildman–Crippen MR) is 120 cm³/mol. The largest absolute Gasteiger partial charge is 0.462 e. The van der Waals surface area contributed by atoms with E-state index in [0.29, 0.717) is 23.4 Å². The molecule has 0 saturated carbocycles. The maximum Gasteiger partial charge on any atom is 0.348 e. The number of benzene rings is 1. The Balaban J connectivity index is 2.08. The van der Waals surface area contributed by atoms with Crippen LogP contribution in [0.1, 0.15) is 56.5 Å². The van der Waals surface area contributed by atoms with Crippen LogP contribution in [-0.2, 0) is 25.4 Å². The van der Waals surface area contributed by atoms with Crippen LogP contribution < -0.4 is 5.32 Å². The van der Waals surface area contributed by atoms with Crippen molar-refractivity contribution in [3.8, 4) is 0 Å². The lowest BCUT2D eigenvalue weighted by atomic mass is 10.1. The van der Waals surface area contributed by atoms with Crippen molar-refractivity contribution in [2.24, 2.45) is 0 Å². The Bertz CT molecular complexity index is 904. The molecule has 1 heterocycles. The smallest absolute Gasteiger partial charge is 0.348 e. The second-order valence-corrected chi connectivity index (χ2v) is 8.02. The van der Waals surface area contributed by atoms with Gasteiger partial charge in [-0.1, -0.05) is 29.8 Å². The van der Waals surface area contributed by atoms with Gasteiger partial charge in [0.2, 0.25) is 5.91 Å². The molecule has 0 bridgehead atoms. The van der Waals surface area contributed by atoms with Gasteiger partial charge in [0.05, 0.1) is 18.8 Å². The van der Waals surface area contributed by atoms with E-state index in [4.69, 9.17) is 14.2 Å².